The van der Waals surface area contributed by atoms with Crippen molar-refractivity contribution in [3.8, 4) is 0 Å². The smallest absolute Gasteiger partial charge is 0.0588 e. The van der Waals surface area contributed by atoms with Gasteiger partial charge in [-0.05, 0) is 23.7 Å². The van der Waals surface area contributed by atoms with Gasteiger partial charge in [0.05, 0.1) is 6.10 Å². The second kappa shape index (κ2) is 3.78. The van der Waals surface area contributed by atoms with Crippen molar-refractivity contribution in [2.45, 2.75) is 60.5 Å². The highest BCUT2D eigenvalue weighted by atomic mass is 16.3. The van der Waals surface area contributed by atoms with Gasteiger partial charge in [-0.25, -0.2) is 0 Å². The molecule has 1 N–H and O–H groups in total. The van der Waals surface area contributed by atoms with Gasteiger partial charge in [0.25, 0.3) is 0 Å². The first kappa shape index (κ1) is 12.0. The summed E-state index contributed by atoms with van der Waals surface area (Å²) in [6, 6.07) is 0. The Morgan fingerprint density at radius 3 is 1.67 bits per heavy atom. The van der Waals surface area contributed by atoms with Crippen LogP contribution >= 0.6 is 0 Å². The molecular formula is C11H24O. The molecule has 12 heavy (non-hydrogen) atoms. The highest BCUT2D eigenvalue weighted by molar-refractivity contribution is 4.74. The van der Waals surface area contributed by atoms with Crippen molar-refractivity contribution in [2.75, 3.05) is 0 Å². The van der Waals surface area contributed by atoms with Crippen LogP contribution in [-0.2, 0) is 0 Å². The van der Waals surface area contributed by atoms with E-state index in [1.165, 1.54) is 0 Å². The van der Waals surface area contributed by atoms with Gasteiger partial charge in [0, 0.05) is 0 Å². The van der Waals surface area contributed by atoms with Gasteiger partial charge in [0.1, 0.15) is 0 Å². The molecule has 0 aliphatic heterocycles. The second-order valence-electron chi connectivity index (χ2n) is 5.98. The average molecular weight is 172 g/mol. The Morgan fingerprint density at radius 2 is 1.42 bits per heavy atom. The largest absolute Gasteiger partial charge is 0.393 e. The SMILES string of the molecule is CC(C)(C)CC[C@H](O)C(C)(C)C. The van der Waals surface area contributed by atoms with E-state index >= 15 is 0 Å². The third kappa shape index (κ3) is 5.59. The van der Waals surface area contributed by atoms with Crippen molar-refractivity contribution in [3.05, 3.63) is 0 Å². The van der Waals surface area contributed by atoms with Gasteiger partial charge in [0.15, 0.2) is 0 Å². The van der Waals surface area contributed by atoms with Gasteiger partial charge in [-0.2, -0.15) is 0 Å². The molecule has 0 amide bonds. The van der Waals surface area contributed by atoms with E-state index in [9.17, 15) is 5.11 Å². The molecule has 0 heterocycles. The normalized spacial score (nSPS) is 16.2. The van der Waals surface area contributed by atoms with Crippen LogP contribution in [0.15, 0.2) is 0 Å². The first-order valence-corrected chi connectivity index (χ1v) is 4.81. The molecule has 0 aromatic rings. The van der Waals surface area contributed by atoms with Crippen molar-refractivity contribution in [1.29, 1.82) is 0 Å². The highest BCUT2D eigenvalue weighted by Crippen LogP contribution is 2.28. The van der Waals surface area contributed by atoms with Gasteiger partial charge in [-0.1, -0.05) is 41.5 Å². The van der Waals surface area contributed by atoms with Crippen molar-refractivity contribution < 1.29 is 5.11 Å². The van der Waals surface area contributed by atoms with Gasteiger partial charge >= 0.3 is 0 Å². The molecule has 0 spiro atoms. The van der Waals surface area contributed by atoms with Gasteiger partial charge < -0.3 is 5.11 Å². The molecule has 0 aromatic heterocycles. The predicted molar refractivity (Wildman–Crippen MR) is 54.2 cm³/mol. The lowest BCUT2D eigenvalue weighted by Gasteiger charge is -2.28. The molecule has 0 unspecified atom stereocenters. The van der Waals surface area contributed by atoms with Crippen LogP contribution in [0.1, 0.15) is 54.4 Å². The summed E-state index contributed by atoms with van der Waals surface area (Å²) in [6.45, 7) is 12.9. The third-order valence-corrected chi connectivity index (χ3v) is 2.17. The molecule has 0 aliphatic carbocycles. The molecule has 0 saturated heterocycles. The third-order valence-electron chi connectivity index (χ3n) is 2.17. The van der Waals surface area contributed by atoms with Crippen LogP contribution < -0.4 is 0 Å². The molecule has 74 valence electrons. The summed E-state index contributed by atoms with van der Waals surface area (Å²) in [5.74, 6) is 0. The number of aliphatic hydroxyl groups is 1. The fourth-order valence-electron chi connectivity index (χ4n) is 1.00. The second-order valence-corrected chi connectivity index (χ2v) is 5.98. The number of aliphatic hydroxyl groups excluding tert-OH is 1. The van der Waals surface area contributed by atoms with E-state index in [-0.39, 0.29) is 11.5 Å². The maximum Gasteiger partial charge on any atom is 0.0588 e. The quantitative estimate of drug-likeness (QED) is 0.678. The molecule has 0 rings (SSSR count). The standard InChI is InChI=1S/C11H24O/c1-10(2,3)8-7-9(12)11(4,5)6/h9,12H,7-8H2,1-6H3/t9-/m0/s1. The van der Waals surface area contributed by atoms with Crippen molar-refractivity contribution in [2.24, 2.45) is 10.8 Å². The highest BCUT2D eigenvalue weighted by Gasteiger charge is 2.23. The summed E-state index contributed by atoms with van der Waals surface area (Å²) in [5.41, 5.74) is 0.372. The lowest BCUT2D eigenvalue weighted by Crippen LogP contribution is -2.27. The van der Waals surface area contributed by atoms with Crippen molar-refractivity contribution in [1.82, 2.24) is 0 Å². The first-order chi connectivity index (χ1) is 5.13. The lowest BCUT2D eigenvalue weighted by molar-refractivity contribution is 0.0459. The Hall–Kier alpha value is -0.0400. The van der Waals surface area contributed by atoms with Gasteiger partial charge in [-0.3, -0.25) is 0 Å². The van der Waals surface area contributed by atoms with E-state index in [4.69, 9.17) is 0 Å². The van der Waals surface area contributed by atoms with Crippen LogP contribution in [0.3, 0.4) is 0 Å². The molecule has 0 aromatic carbocycles. The molecule has 0 bridgehead atoms. The molecule has 1 atom stereocenters. The molecule has 0 aliphatic rings. The first-order valence-electron chi connectivity index (χ1n) is 4.81. The van der Waals surface area contributed by atoms with Crippen LogP contribution in [0.25, 0.3) is 0 Å². The van der Waals surface area contributed by atoms with E-state index in [1.807, 2.05) is 0 Å². The number of hydrogen-bond acceptors (Lipinski definition) is 1. The zero-order valence-electron chi connectivity index (χ0n) is 9.44. The zero-order chi connectivity index (χ0) is 9.99. The number of rotatable bonds is 2. The van der Waals surface area contributed by atoms with E-state index in [2.05, 4.69) is 41.5 Å². The van der Waals surface area contributed by atoms with Crippen LogP contribution in [0, 0.1) is 10.8 Å². The Morgan fingerprint density at radius 1 is 1.00 bits per heavy atom. The Balaban J connectivity index is 3.80. The summed E-state index contributed by atoms with van der Waals surface area (Å²) >= 11 is 0. The van der Waals surface area contributed by atoms with Crippen molar-refractivity contribution in [3.63, 3.8) is 0 Å². The molecule has 0 saturated carbocycles. The maximum atomic E-state index is 9.75. The summed E-state index contributed by atoms with van der Waals surface area (Å²) in [5, 5.41) is 9.75. The Bertz CT molecular complexity index is 125. The minimum atomic E-state index is -0.170. The van der Waals surface area contributed by atoms with Crippen LogP contribution in [-0.4, -0.2) is 11.2 Å². The summed E-state index contributed by atoms with van der Waals surface area (Å²) in [6.07, 6.45) is 1.83. The van der Waals surface area contributed by atoms with Gasteiger partial charge in [-0.15, -0.1) is 0 Å². The van der Waals surface area contributed by atoms with E-state index in [1.54, 1.807) is 0 Å². The van der Waals surface area contributed by atoms with E-state index in [0.717, 1.165) is 12.8 Å². The maximum absolute atomic E-state index is 9.75. The monoisotopic (exact) mass is 172 g/mol. The topological polar surface area (TPSA) is 20.2 Å². The van der Waals surface area contributed by atoms with Gasteiger partial charge in [0.2, 0.25) is 0 Å². The molecule has 1 nitrogen and oxygen atoms in total. The number of hydrogen-bond donors (Lipinski definition) is 1. The summed E-state index contributed by atoms with van der Waals surface area (Å²) in [7, 11) is 0. The Kier molecular flexibility index (Phi) is 3.77. The minimum Gasteiger partial charge on any atom is -0.393 e. The van der Waals surface area contributed by atoms with Crippen LogP contribution in [0.2, 0.25) is 0 Å². The van der Waals surface area contributed by atoms with Crippen molar-refractivity contribution >= 4 is 0 Å². The predicted octanol–water partition coefficient (Wildman–Crippen LogP) is 3.22. The zero-order valence-corrected chi connectivity index (χ0v) is 9.44. The fraction of sp³-hybridized carbons (Fsp3) is 1.00. The molecule has 0 fully saturated rings. The van der Waals surface area contributed by atoms with E-state index < -0.39 is 0 Å². The lowest BCUT2D eigenvalue weighted by atomic mass is 9.81. The summed E-state index contributed by atoms with van der Waals surface area (Å²) < 4.78 is 0. The van der Waals surface area contributed by atoms with Crippen LogP contribution in [0.4, 0.5) is 0 Å². The van der Waals surface area contributed by atoms with E-state index in [0.29, 0.717) is 5.41 Å². The fourth-order valence-corrected chi connectivity index (χ4v) is 1.00. The minimum absolute atomic E-state index is 0.0330. The molecular weight excluding hydrogens is 148 g/mol. The molecule has 0 radical (unpaired) electrons. The van der Waals surface area contributed by atoms with Crippen LogP contribution in [0.5, 0.6) is 0 Å². The Labute approximate surface area is 77.2 Å². The average Bonchev–Trinajstić information content (AvgIpc) is 1.78. The summed E-state index contributed by atoms with van der Waals surface area (Å²) in [4.78, 5) is 0. The molecule has 1 heteroatoms.